The molecule has 0 amide bonds. The van der Waals surface area contributed by atoms with Gasteiger partial charge in [-0.25, -0.2) is 8.42 Å². The maximum absolute atomic E-state index is 11.3. The Morgan fingerprint density at radius 1 is 1.12 bits per heavy atom. The number of hydrogen-bond acceptors (Lipinski definition) is 5. The molecule has 8 heteroatoms. The highest BCUT2D eigenvalue weighted by atomic mass is 32.2. The van der Waals surface area contributed by atoms with Crippen LogP contribution in [0.5, 0.6) is 0 Å². The minimum Gasteiger partial charge on any atom is -0.361 e. The number of anilines is 1. The maximum Gasteiger partial charge on any atom is 0.231 e. The van der Waals surface area contributed by atoms with Crippen molar-refractivity contribution in [1.29, 1.82) is 0 Å². The average Bonchev–Trinajstić information content (AvgIpc) is 3.22. The van der Waals surface area contributed by atoms with Crippen LogP contribution in [0.1, 0.15) is 11.5 Å². The topological polar surface area (TPSA) is 101 Å². The average molecular weight is 368 g/mol. The van der Waals surface area contributed by atoms with Crippen LogP contribution in [0, 0.1) is 0 Å². The van der Waals surface area contributed by atoms with Gasteiger partial charge in [-0.2, -0.15) is 4.98 Å². The van der Waals surface area contributed by atoms with Crippen molar-refractivity contribution in [2.24, 2.45) is 0 Å². The molecular formula is C18H16N4O3S. The highest BCUT2D eigenvalue weighted by molar-refractivity contribution is 7.92. The van der Waals surface area contributed by atoms with Gasteiger partial charge in [0.1, 0.15) is 0 Å². The highest BCUT2D eigenvalue weighted by Gasteiger charge is 2.12. The van der Waals surface area contributed by atoms with Crippen LogP contribution in [0.25, 0.3) is 22.3 Å². The van der Waals surface area contributed by atoms with Crippen LogP contribution < -0.4 is 4.72 Å². The Labute approximate surface area is 150 Å². The van der Waals surface area contributed by atoms with Crippen molar-refractivity contribution < 1.29 is 12.9 Å². The molecule has 0 bridgehead atoms. The van der Waals surface area contributed by atoms with Gasteiger partial charge in [-0.1, -0.05) is 23.4 Å². The minimum absolute atomic E-state index is 0.464. The molecule has 2 aromatic heterocycles. The number of para-hydroxylation sites is 1. The number of rotatable bonds is 5. The predicted molar refractivity (Wildman–Crippen MR) is 99.3 cm³/mol. The van der Waals surface area contributed by atoms with Crippen molar-refractivity contribution in [2.45, 2.75) is 6.42 Å². The van der Waals surface area contributed by atoms with Crippen molar-refractivity contribution in [3.8, 4) is 11.4 Å². The Hall–Kier alpha value is -3.13. The molecule has 0 fully saturated rings. The van der Waals surface area contributed by atoms with Crippen LogP contribution >= 0.6 is 0 Å². The van der Waals surface area contributed by atoms with E-state index in [2.05, 4.69) is 19.8 Å². The standard InChI is InChI=1S/C18H16N4O3S/c1-26(23,24)22-14-8-6-12(7-9-14)18-20-17(25-21-18)10-13-11-19-16-5-3-2-4-15(13)16/h2-9,11,19,22H,10H2,1H3. The van der Waals surface area contributed by atoms with E-state index in [1.807, 2.05) is 30.5 Å². The molecule has 0 radical (unpaired) electrons. The SMILES string of the molecule is CS(=O)(=O)Nc1ccc(-c2noc(Cc3c[nH]c4ccccc34)n2)cc1. The third-order valence-electron chi connectivity index (χ3n) is 3.93. The molecular weight excluding hydrogens is 352 g/mol. The van der Waals surface area contributed by atoms with E-state index in [4.69, 9.17) is 4.52 Å². The van der Waals surface area contributed by atoms with E-state index in [-0.39, 0.29) is 0 Å². The fourth-order valence-corrected chi connectivity index (χ4v) is 3.35. The van der Waals surface area contributed by atoms with E-state index >= 15 is 0 Å². The van der Waals surface area contributed by atoms with Gasteiger partial charge >= 0.3 is 0 Å². The smallest absolute Gasteiger partial charge is 0.231 e. The number of aromatic nitrogens is 3. The van der Waals surface area contributed by atoms with Crippen LogP contribution in [0.3, 0.4) is 0 Å². The molecule has 0 aliphatic carbocycles. The van der Waals surface area contributed by atoms with E-state index < -0.39 is 10.0 Å². The second-order valence-corrected chi connectivity index (χ2v) is 7.75. The van der Waals surface area contributed by atoms with Gasteiger partial charge in [0.15, 0.2) is 0 Å². The summed E-state index contributed by atoms with van der Waals surface area (Å²) >= 11 is 0. The lowest BCUT2D eigenvalue weighted by Crippen LogP contribution is -2.09. The normalized spacial score (nSPS) is 11.7. The number of nitrogens with zero attached hydrogens (tertiary/aromatic N) is 2. The Balaban J connectivity index is 1.54. The molecule has 0 saturated carbocycles. The number of benzene rings is 2. The zero-order chi connectivity index (χ0) is 18.1. The molecule has 0 aliphatic rings. The van der Waals surface area contributed by atoms with Gasteiger partial charge in [0.25, 0.3) is 0 Å². The maximum atomic E-state index is 11.3. The van der Waals surface area contributed by atoms with E-state index in [1.165, 1.54) is 0 Å². The Kier molecular flexibility index (Phi) is 3.96. The first-order valence-corrected chi connectivity index (χ1v) is 9.83. The van der Waals surface area contributed by atoms with Gasteiger partial charge in [0.05, 0.1) is 12.7 Å². The summed E-state index contributed by atoms with van der Waals surface area (Å²) in [5, 5.41) is 5.14. The van der Waals surface area contributed by atoms with E-state index in [9.17, 15) is 8.42 Å². The molecule has 26 heavy (non-hydrogen) atoms. The van der Waals surface area contributed by atoms with E-state index in [1.54, 1.807) is 24.3 Å². The summed E-state index contributed by atoms with van der Waals surface area (Å²) < 4.78 is 30.3. The summed E-state index contributed by atoms with van der Waals surface area (Å²) in [6.07, 6.45) is 3.59. The summed E-state index contributed by atoms with van der Waals surface area (Å²) in [6, 6.07) is 14.8. The van der Waals surface area contributed by atoms with Crippen molar-refractivity contribution in [1.82, 2.24) is 15.1 Å². The van der Waals surface area contributed by atoms with Gasteiger partial charge in [-0.05, 0) is 35.9 Å². The Morgan fingerprint density at radius 2 is 1.88 bits per heavy atom. The van der Waals surface area contributed by atoms with Gasteiger partial charge in [0, 0.05) is 28.4 Å². The molecule has 7 nitrogen and oxygen atoms in total. The molecule has 0 spiro atoms. The number of nitrogens with one attached hydrogen (secondary N) is 2. The van der Waals surface area contributed by atoms with Gasteiger partial charge in [-0.3, -0.25) is 4.72 Å². The largest absolute Gasteiger partial charge is 0.361 e. The number of H-pyrrole nitrogens is 1. The quantitative estimate of drug-likeness (QED) is 0.563. The molecule has 0 saturated heterocycles. The number of fused-ring (bicyclic) bond motifs is 1. The van der Waals surface area contributed by atoms with Crippen molar-refractivity contribution in [3.05, 3.63) is 66.2 Å². The van der Waals surface area contributed by atoms with Gasteiger partial charge in [-0.15, -0.1) is 0 Å². The summed E-state index contributed by atoms with van der Waals surface area (Å²) in [7, 11) is -3.30. The molecule has 4 aromatic rings. The third-order valence-corrected chi connectivity index (χ3v) is 4.54. The van der Waals surface area contributed by atoms with E-state index in [0.717, 1.165) is 28.3 Å². The summed E-state index contributed by atoms with van der Waals surface area (Å²) in [5.74, 6) is 0.980. The van der Waals surface area contributed by atoms with Crippen LogP contribution in [0.15, 0.2) is 59.3 Å². The summed E-state index contributed by atoms with van der Waals surface area (Å²) in [6.45, 7) is 0. The van der Waals surface area contributed by atoms with Crippen molar-refractivity contribution in [2.75, 3.05) is 11.0 Å². The lowest BCUT2D eigenvalue weighted by Gasteiger charge is -2.03. The third kappa shape index (κ3) is 3.45. The Bertz CT molecular complexity index is 1160. The van der Waals surface area contributed by atoms with Crippen LogP contribution in [-0.4, -0.2) is 29.8 Å². The molecule has 4 rings (SSSR count). The first kappa shape index (κ1) is 16.3. The second kappa shape index (κ2) is 6.30. The van der Waals surface area contributed by atoms with Crippen LogP contribution in [0.4, 0.5) is 5.69 Å². The fourth-order valence-electron chi connectivity index (χ4n) is 2.79. The second-order valence-electron chi connectivity index (χ2n) is 6.00. The minimum atomic E-state index is -3.30. The first-order chi connectivity index (χ1) is 12.5. The molecule has 2 heterocycles. The van der Waals surface area contributed by atoms with E-state index in [0.29, 0.717) is 23.8 Å². The van der Waals surface area contributed by atoms with Gasteiger partial charge in [0.2, 0.25) is 21.7 Å². The highest BCUT2D eigenvalue weighted by Crippen LogP contribution is 2.23. The molecule has 2 aromatic carbocycles. The number of sulfonamides is 1. The lowest BCUT2D eigenvalue weighted by molar-refractivity contribution is 0.386. The zero-order valence-corrected chi connectivity index (χ0v) is 14.7. The zero-order valence-electron chi connectivity index (χ0n) is 13.9. The van der Waals surface area contributed by atoms with Crippen molar-refractivity contribution >= 4 is 26.6 Å². The monoisotopic (exact) mass is 368 g/mol. The Morgan fingerprint density at radius 3 is 2.65 bits per heavy atom. The van der Waals surface area contributed by atoms with Crippen LogP contribution in [-0.2, 0) is 16.4 Å². The van der Waals surface area contributed by atoms with Crippen molar-refractivity contribution in [3.63, 3.8) is 0 Å². The molecule has 2 N–H and O–H groups in total. The number of hydrogen-bond donors (Lipinski definition) is 2. The van der Waals surface area contributed by atoms with Crippen LogP contribution in [0.2, 0.25) is 0 Å². The summed E-state index contributed by atoms with van der Waals surface area (Å²) in [5.41, 5.74) is 3.39. The number of aromatic amines is 1. The first-order valence-electron chi connectivity index (χ1n) is 7.94. The molecule has 0 atom stereocenters. The fraction of sp³-hybridized carbons (Fsp3) is 0.111. The molecule has 0 unspecified atom stereocenters. The molecule has 0 aliphatic heterocycles. The lowest BCUT2D eigenvalue weighted by atomic mass is 10.1. The van der Waals surface area contributed by atoms with Gasteiger partial charge < -0.3 is 9.51 Å². The molecule has 132 valence electrons. The predicted octanol–water partition coefficient (Wildman–Crippen LogP) is 3.18. The summed E-state index contributed by atoms with van der Waals surface area (Å²) in [4.78, 5) is 7.66.